The highest BCUT2D eigenvalue weighted by molar-refractivity contribution is 5.85. The van der Waals surface area contributed by atoms with Gasteiger partial charge in [0.1, 0.15) is 6.54 Å². The molecule has 0 atom stereocenters. The number of carbonyl (C=O) groups excluding carboxylic acids is 1. The zero-order valence-corrected chi connectivity index (χ0v) is 10.7. The van der Waals surface area contributed by atoms with Crippen molar-refractivity contribution >= 4 is 5.97 Å². The Bertz CT molecular complexity index is 549. The van der Waals surface area contributed by atoms with Gasteiger partial charge in [-0.3, -0.25) is 0 Å². The van der Waals surface area contributed by atoms with Crippen LogP contribution in [0.15, 0.2) is 4.52 Å². The van der Waals surface area contributed by atoms with Crippen LogP contribution in [0, 0.1) is 0 Å². The maximum absolute atomic E-state index is 11.6. The molecule has 2 heterocycles. The van der Waals surface area contributed by atoms with E-state index in [2.05, 4.69) is 25.7 Å². The number of carbonyl (C=O) groups is 1. The first kappa shape index (κ1) is 13.1. The normalized spacial score (nSPS) is 10.6. The fourth-order valence-electron chi connectivity index (χ4n) is 1.46. The summed E-state index contributed by atoms with van der Waals surface area (Å²) < 4.78 is 11.2. The van der Waals surface area contributed by atoms with Crippen molar-refractivity contribution in [1.29, 1.82) is 0 Å². The molecule has 0 aromatic carbocycles. The Kier molecular flexibility index (Phi) is 4.16. The Morgan fingerprint density at radius 3 is 3.00 bits per heavy atom. The van der Waals surface area contributed by atoms with E-state index in [1.165, 1.54) is 4.68 Å². The summed E-state index contributed by atoms with van der Waals surface area (Å²) in [4.78, 5) is 15.7. The first-order valence-electron chi connectivity index (χ1n) is 5.99. The van der Waals surface area contributed by atoms with Gasteiger partial charge in [0, 0.05) is 6.42 Å². The van der Waals surface area contributed by atoms with Gasteiger partial charge in [-0.1, -0.05) is 12.1 Å². The van der Waals surface area contributed by atoms with Gasteiger partial charge in [-0.25, -0.2) is 9.48 Å². The number of tetrazole rings is 1. The molecule has 2 aromatic rings. The van der Waals surface area contributed by atoms with E-state index in [1.807, 2.05) is 6.92 Å². The zero-order valence-electron chi connectivity index (χ0n) is 10.7. The minimum Gasteiger partial charge on any atom is -0.460 e. The van der Waals surface area contributed by atoms with Crippen LogP contribution in [0.3, 0.4) is 0 Å². The summed E-state index contributed by atoms with van der Waals surface area (Å²) in [7, 11) is 0. The number of aryl methyl sites for hydroxylation is 1. The van der Waals surface area contributed by atoms with Crippen molar-refractivity contribution in [2.75, 3.05) is 6.61 Å². The lowest BCUT2D eigenvalue weighted by Crippen LogP contribution is -2.15. The highest BCUT2D eigenvalue weighted by Crippen LogP contribution is 2.04. The lowest BCUT2D eigenvalue weighted by Gasteiger charge is -2.00. The summed E-state index contributed by atoms with van der Waals surface area (Å²) in [6.45, 7) is 4.15. The molecule has 0 fully saturated rings. The van der Waals surface area contributed by atoms with Gasteiger partial charge in [0.15, 0.2) is 5.82 Å². The average molecular weight is 266 g/mol. The summed E-state index contributed by atoms with van der Waals surface area (Å²) in [5.41, 5.74) is 0. The maximum Gasteiger partial charge on any atom is 0.378 e. The van der Waals surface area contributed by atoms with Crippen LogP contribution in [0.4, 0.5) is 0 Å². The third-order valence-corrected chi connectivity index (χ3v) is 2.26. The van der Waals surface area contributed by atoms with Crippen LogP contribution in [-0.4, -0.2) is 42.9 Å². The van der Waals surface area contributed by atoms with Crippen LogP contribution in [0.25, 0.3) is 0 Å². The van der Waals surface area contributed by atoms with Crippen molar-refractivity contribution in [2.24, 2.45) is 0 Å². The van der Waals surface area contributed by atoms with E-state index in [0.717, 1.165) is 6.42 Å². The molecule has 0 saturated heterocycles. The van der Waals surface area contributed by atoms with E-state index in [1.54, 1.807) is 6.92 Å². The monoisotopic (exact) mass is 266 g/mol. The molecule has 0 N–H and O–H groups in total. The quantitative estimate of drug-likeness (QED) is 0.683. The molecule has 9 heteroatoms. The van der Waals surface area contributed by atoms with Gasteiger partial charge in [-0.15, -0.1) is 5.10 Å². The second kappa shape index (κ2) is 6.03. The van der Waals surface area contributed by atoms with Crippen molar-refractivity contribution in [1.82, 2.24) is 30.3 Å². The van der Waals surface area contributed by atoms with Crippen molar-refractivity contribution in [3.63, 3.8) is 0 Å². The first-order chi connectivity index (χ1) is 9.24. The van der Waals surface area contributed by atoms with Gasteiger partial charge in [-0.2, -0.15) is 4.98 Å². The highest BCUT2D eigenvalue weighted by Gasteiger charge is 2.18. The largest absolute Gasteiger partial charge is 0.460 e. The Morgan fingerprint density at radius 2 is 2.26 bits per heavy atom. The summed E-state index contributed by atoms with van der Waals surface area (Å²) in [6, 6.07) is 0. The molecule has 2 aromatic heterocycles. The van der Waals surface area contributed by atoms with Crippen molar-refractivity contribution < 1.29 is 14.1 Å². The van der Waals surface area contributed by atoms with Crippen molar-refractivity contribution in [2.45, 2.75) is 33.2 Å². The number of rotatable bonds is 6. The molecule has 0 aliphatic heterocycles. The molecule has 102 valence electrons. The molecule has 0 radical (unpaired) electrons. The Labute approximate surface area is 108 Å². The third kappa shape index (κ3) is 3.12. The minimum atomic E-state index is -0.579. The lowest BCUT2D eigenvalue weighted by molar-refractivity contribution is 0.0505. The fraction of sp³-hybridized carbons (Fsp3) is 0.600. The summed E-state index contributed by atoms with van der Waals surface area (Å²) in [5, 5.41) is 14.6. The molecule has 0 spiro atoms. The van der Waals surface area contributed by atoms with Crippen LogP contribution in [0.2, 0.25) is 0 Å². The van der Waals surface area contributed by atoms with Gasteiger partial charge in [0.05, 0.1) is 6.61 Å². The number of aromatic nitrogens is 6. The van der Waals surface area contributed by atoms with E-state index in [9.17, 15) is 4.79 Å². The standard InChI is InChI=1S/C10H14N6O3/c1-3-5-8-11-7(13-19-8)6-16-9(12-14-15-16)10(17)18-4-2/h3-6H2,1-2H3. The predicted octanol–water partition coefficient (Wildman–Crippen LogP) is 0.234. The predicted molar refractivity (Wildman–Crippen MR) is 61.2 cm³/mol. The topological polar surface area (TPSA) is 109 Å². The molecular weight excluding hydrogens is 252 g/mol. The fourth-order valence-corrected chi connectivity index (χ4v) is 1.46. The lowest BCUT2D eigenvalue weighted by atomic mass is 10.3. The van der Waals surface area contributed by atoms with E-state index in [4.69, 9.17) is 9.26 Å². The van der Waals surface area contributed by atoms with Crippen LogP contribution < -0.4 is 0 Å². The second-order valence-corrected chi connectivity index (χ2v) is 3.73. The SMILES string of the molecule is CCCc1nc(Cn2nnnc2C(=O)OCC)no1. The molecule has 0 aliphatic rings. The number of nitrogens with zero attached hydrogens (tertiary/aromatic N) is 6. The summed E-state index contributed by atoms with van der Waals surface area (Å²) >= 11 is 0. The van der Waals surface area contributed by atoms with Gasteiger partial charge >= 0.3 is 5.97 Å². The average Bonchev–Trinajstić information content (AvgIpc) is 3.00. The summed E-state index contributed by atoms with van der Waals surface area (Å²) in [6.07, 6.45) is 1.63. The van der Waals surface area contributed by atoms with Gasteiger partial charge in [0.25, 0.3) is 5.82 Å². The molecule has 19 heavy (non-hydrogen) atoms. The van der Waals surface area contributed by atoms with Crippen molar-refractivity contribution in [3.05, 3.63) is 17.5 Å². The van der Waals surface area contributed by atoms with Crippen LogP contribution >= 0.6 is 0 Å². The number of hydrogen-bond acceptors (Lipinski definition) is 8. The molecular formula is C10H14N6O3. The van der Waals surface area contributed by atoms with Crippen LogP contribution in [0.1, 0.15) is 42.6 Å². The van der Waals surface area contributed by atoms with E-state index in [-0.39, 0.29) is 19.0 Å². The zero-order chi connectivity index (χ0) is 13.7. The number of ether oxygens (including phenoxy) is 1. The number of hydrogen-bond donors (Lipinski definition) is 0. The van der Waals surface area contributed by atoms with Crippen LogP contribution in [-0.2, 0) is 17.7 Å². The maximum atomic E-state index is 11.6. The molecule has 0 bridgehead atoms. The molecule has 2 rings (SSSR count). The Balaban J connectivity index is 2.10. The Hall–Kier alpha value is -2.32. The first-order valence-corrected chi connectivity index (χ1v) is 5.99. The molecule has 0 aliphatic carbocycles. The van der Waals surface area contributed by atoms with E-state index >= 15 is 0 Å². The van der Waals surface area contributed by atoms with Gasteiger partial charge in [-0.05, 0) is 23.8 Å². The van der Waals surface area contributed by atoms with Gasteiger partial charge in [0.2, 0.25) is 5.89 Å². The van der Waals surface area contributed by atoms with Crippen molar-refractivity contribution in [3.8, 4) is 0 Å². The van der Waals surface area contributed by atoms with E-state index in [0.29, 0.717) is 18.1 Å². The Morgan fingerprint density at radius 1 is 1.42 bits per heavy atom. The second-order valence-electron chi connectivity index (χ2n) is 3.73. The number of esters is 1. The molecule has 0 unspecified atom stereocenters. The minimum absolute atomic E-state index is 0.0173. The van der Waals surface area contributed by atoms with E-state index < -0.39 is 5.97 Å². The molecule has 0 amide bonds. The van der Waals surface area contributed by atoms with Crippen LogP contribution in [0.5, 0.6) is 0 Å². The molecule has 0 saturated carbocycles. The third-order valence-electron chi connectivity index (χ3n) is 2.26. The summed E-state index contributed by atoms with van der Waals surface area (Å²) in [5.74, 6) is 0.415. The highest BCUT2D eigenvalue weighted by atomic mass is 16.5. The molecule has 9 nitrogen and oxygen atoms in total. The smallest absolute Gasteiger partial charge is 0.378 e. The van der Waals surface area contributed by atoms with Gasteiger partial charge < -0.3 is 9.26 Å².